The van der Waals surface area contributed by atoms with Crippen molar-refractivity contribution in [1.82, 2.24) is 24.3 Å². The predicted molar refractivity (Wildman–Crippen MR) is 131 cm³/mol. The fraction of sp³-hybridized carbons (Fsp3) is 0.407. The maximum atomic E-state index is 13.9. The van der Waals surface area contributed by atoms with E-state index < -0.39 is 42.7 Å². The zero-order valence-electron chi connectivity index (χ0n) is 20.6. The van der Waals surface area contributed by atoms with Gasteiger partial charge >= 0.3 is 6.18 Å². The third-order valence-electron chi connectivity index (χ3n) is 7.41. The summed E-state index contributed by atoms with van der Waals surface area (Å²) < 4.78 is 43.3. The van der Waals surface area contributed by atoms with Crippen LogP contribution in [0.1, 0.15) is 47.3 Å². The average molecular weight is 528 g/mol. The molecule has 0 radical (unpaired) electrons. The van der Waals surface area contributed by atoms with Crippen molar-refractivity contribution in [2.75, 3.05) is 6.61 Å². The lowest BCUT2D eigenvalue weighted by atomic mass is 9.90. The Morgan fingerprint density at radius 1 is 1.05 bits per heavy atom. The highest BCUT2D eigenvalue weighted by molar-refractivity contribution is 5.93. The second-order valence-corrected chi connectivity index (χ2v) is 9.76. The van der Waals surface area contributed by atoms with E-state index in [0.29, 0.717) is 18.5 Å². The molecule has 1 aromatic carbocycles. The van der Waals surface area contributed by atoms with E-state index in [9.17, 15) is 27.9 Å². The molecule has 0 bridgehead atoms. The van der Waals surface area contributed by atoms with E-state index in [1.807, 2.05) is 24.3 Å². The van der Waals surface area contributed by atoms with E-state index in [2.05, 4.69) is 9.97 Å². The van der Waals surface area contributed by atoms with Crippen molar-refractivity contribution in [2.45, 2.75) is 63.0 Å². The van der Waals surface area contributed by atoms with E-state index in [-0.39, 0.29) is 31.5 Å². The number of nitrogens with zero attached hydrogens (tertiary/aromatic N) is 5. The van der Waals surface area contributed by atoms with Gasteiger partial charge in [0.15, 0.2) is 0 Å². The molecule has 1 saturated heterocycles. The van der Waals surface area contributed by atoms with Gasteiger partial charge in [-0.3, -0.25) is 14.6 Å². The Labute approximate surface area is 217 Å². The van der Waals surface area contributed by atoms with Gasteiger partial charge < -0.3 is 19.5 Å². The van der Waals surface area contributed by atoms with Crippen LogP contribution in [0.25, 0.3) is 5.69 Å². The second kappa shape index (κ2) is 10.6. The minimum Gasteiger partial charge on any atom is -0.394 e. The topological polar surface area (TPSA) is 91.6 Å². The number of carbonyl (C=O) groups is 2. The van der Waals surface area contributed by atoms with Crippen LogP contribution in [-0.2, 0) is 17.8 Å². The first-order valence-corrected chi connectivity index (χ1v) is 12.6. The van der Waals surface area contributed by atoms with E-state index in [0.717, 1.165) is 16.0 Å². The Bertz CT molecular complexity index is 1300. The van der Waals surface area contributed by atoms with Gasteiger partial charge in [0.2, 0.25) is 5.91 Å². The number of alkyl halides is 3. The highest BCUT2D eigenvalue weighted by atomic mass is 19.4. The third-order valence-corrected chi connectivity index (χ3v) is 7.41. The first-order chi connectivity index (χ1) is 18.3. The molecule has 2 aliphatic heterocycles. The number of halogens is 3. The van der Waals surface area contributed by atoms with Gasteiger partial charge in [0.1, 0.15) is 11.7 Å². The van der Waals surface area contributed by atoms with Crippen LogP contribution in [0.3, 0.4) is 0 Å². The number of hydrogen-bond donors (Lipinski definition) is 1. The molecule has 1 N–H and O–H groups in total. The molecule has 8 nitrogen and oxygen atoms in total. The number of imidazole rings is 1. The molecule has 3 aromatic rings. The second-order valence-electron chi connectivity index (χ2n) is 9.76. The molecule has 0 spiro atoms. The molecule has 1 fully saturated rings. The Morgan fingerprint density at radius 2 is 1.84 bits per heavy atom. The summed E-state index contributed by atoms with van der Waals surface area (Å²) in [6.45, 7) is -0.338. The van der Waals surface area contributed by atoms with Crippen LogP contribution in [-0.4, -0.2) is 72.2 Å². The number of benzene rings is 1. The summed E-state index contributed by atoms with van der Waals surface area (Å²) in [5.41, 5.74) is 2.69. The number of carbonyl (C=O) groups excluding carboxylic acids is 2. The standard InChI is InChI=1S/C27H28F3N5O3/c28-27(29,30)24-7-3-6-21(16-36)35(24)25(37)14-22-12-18-4-1-2-5-19(18)15-34(22)26(38)23-13-20(8-9-32-23)33-11-10-31-17-33/h1-2,4-5,8-11,13,17,21-22,24,36H,3,6-7,12,14-16H2/t21?,22-,24?/m0/s1. The van der Waals surface area contributed by atoms with E-state index in [1.54, 1.807) is 35.4 Å². The summed E-state index contributed by atoms with van der Waals surface area (Å²) in [5.74, 6) is -1.13. The fourth-order valence-electron chi connectivity index (χ4n) is 5.53. The molecular formula is C27H28F3N5O3. The lowest BCUT2D eigenvalue weighted by molar-refractivity contribution is -0.205. The van der Waals surface area contributed by atoms with Gasteiger partial charge in [0, 0.05) is 37.6 Å². The number of pyridine rings is 1. The maximum absolute atomic E-state index is 13.9. The smallest absolute Gasteiger partial charge is 0.394 e. The molecule has 5 rings (SSSR count). The summed E-state index contributed by atoms with van der Waals surface area (Å²) in [6, 6.07) is 7.35. The molecule has 38 heavy (non-hydrogen) atoms. The van der Waals surface area contributed by atoms with Crippen molar-refractivity contribution < 1.29 is 27.9 Å². The minimum atomic E-state index is -4.60. The zero-order chi connectivity index (χ0) is 26.9. The van der Waals surface area contributed by atoms with Crippen LogP contribution in [0.15, 0.2) is 61.3 Å². The average Bonchev–Trinajstić information content (AvgIpc) is 3.46. The van der Waals surface area contributed by atoms with Gasteiger partial charge in [-0.15, -0.1) is 0 Å². The van der Waals surface area contributed by atoms with Crippen LogP contribution >= 0.6 is 0 Å². The molecule has 0 aliphatic carbocycles. The zero-order valence-corrected chi connectivity index (χ0v) is 20.6. The number of amides is 2. The number of aromatic nitrogens is 3. The summed E-state index contributed by atoms with van der Waals surface area (Å²) in [4.78, 5) is 37.8. The van der Waals surface area contributed by atoms with Crippen LogP contribution in [0.2, 0.25) is 0 Å². The number of fused-ring (bicyclic) bond motifs is 1. The fourth-order valence-corrected chi connectivity index (χ4v) is 5.53. The van der Waals surface area contributed by atoms with Gasteiger partial charge in [-0.2, -0.15) is 13.2 Å². The lowest BCUT2D eigenvalue weighted by Gasteiger charge is -2.44. The highest BCUT2D eigenvalue weighted by Crippen LogP contribution is 2.36. The quantitative estimate of drug-likeness (QED) is 0.548. The first-order valence-electron chi connectivity index (χ1n) is 12.6. The van der Waals surface area contributed by atoms with Crippen molar-refractivity contribution in [3.63, 3.8) is 0 Å². The molecule has 200 valence electrons. The number of aliphatic hydroxyl groups is 1. The monoisotopic (exact) mass is 527 g/mol. The Hall–Kier alpha value is -3.73. The van der Waals surface area contributed by atoms with Gasteiger partial charge in [0.05, 0.1) is 24.7 Å². The molecule has 4 heterocycles. The van der Waals surface area contributed by atoms with Gasteiger partial charge in [0.25, 0.3) is 5.91 Å². The van der Waals surface area contributed by atoms with Crippen molar-refractivity contribution in [3.05, 3.63) is 78.1 Å². The summed E-state index contributed by atoms with van der Waals surface area (Å²) >= 11 is 0. The lowest BCUT2D eigenvalue weighted by Crippen LogP contribution is -2.58. The number of hydrogen-bond acceptors (Lipinski definition) is 5. The largest absolute Gasteiger partial charge is 0.408 e. The Morgan fingerprint density at radius 3 is 2.55 bits per heavy atom. The molecule has 2 amide bonds. The van der Waals surface area contributed by atoms with Crippen LogP contribution < -0.4 is 0 Å². The molecular weight excluding hydrogens is 499 g/mol. The van der Waals surface area contributed by atoms with Gasteiger partial charge in [-0.25, -0.2) is 4.98 Å². The van der Waals surface area contributed by atoms with E-state index >= 15 is 0 Å². The molecule has 0 saturated carbocycles. The van der Waals surface area contributed by atoms with Crippen LogP contribution in [0, 0.1) is 0 Å². The summed E-state index contributed by atoms with van der Waals surface area (Å²) in [7, 11) is 0. The van der Waals surface area contributed by atoms with Crippen LogP contribution in [0.5, 0.6) is 0 Å². The number of likely N-dealkylation sites (tertiary alicyclic amines) is 1. The van der Waals surface area contributed by atoms with Gasteiger partial charge in [-0.05, 0) is 48.9 Å². The normalized spacial score (nSPS) is 21.7. The Kier molecular flexibility index (Phi) is 7.20. The van der Waals surface area contributed by atoms with E-state index in [1.165, 1.54) is 11.1 Å². The first kappa shape index (κ1) is 25.9. The van der Waals surface area contributed by atoms with Crippen molar-refractivity contribution >= 4 is 11.8 Å². The molecule has 3 atom stereocenters. The maximum Gasteiger partial charge on any atom is 0.408 e. The number of aliphatic hydroxyl groups excluding tert-OH is 1. The van der Waals surface area contributed by atoms with E-state index in [4.69, 9.17) is 0 Å². The van der Waals surface area contributed by atoms with Crippen LogP contribution in [0.4, 0.5) is 13.2 Å². The highest BCUT2D eigenvalue weighted by Gasteiger charge is 2.49. The van der Waals surface area contributed by atoms with Crippen molar-refractivity contribution in [3.8, 4) is 5.69 Å². The van der Waals surface area contributed by atoms with Gasteiger partial charge in [-0.1, -0.05) is 24.3 Å². The minimum absolute atomic E-state index is 0.160. The SMILES string of the molecule is O=C(C[C@@H]1Cc2ccccc2CN1C(=O)c1cc(-n2ccnc2)ccn1)N1C(CO)CCCC1C(F)(F)F. The van der Waals surface area contributed by atoms with Crippen molar-refractivity contribution in [2.24, 2.45) is 0 Å². The molecule has 11 heteroatoms. The molecule has 2 aliphatic rings. The predicted octanol–water partition coefficient (Wildman–Crippen LogP) is 3.53. The third kappa shape index (κ3) is 5.15. The number of piperidine rings is 1. The Balaban J connectivity index is 1.45. The van der Waals surface area contributed by atoms with Crippen molar-refractivity contribution in [1.29, 1.82) is 0 Å². The summed E-state index contributed by atoms with van der Waals surface area (Å²) in [5, 5.41) is 9.78. The summed E-state index contributed by atoms with van der Waals surface area (Å²) in [6.07, 6.45) is 2.25. The number of rotatable bonds is 5. The molecule has 2 aromatic heterocycles. The molecule has 2 unspecified atom stereocenters.